The second-order valence-corrected chi connectivity index (χ2v) is 9.90. The van der Waals surface area contributed by atoms with E-state index in [1.54, 1.807) is 36.7 Å². The van der Waals surface area contributed by atoms with Crippen LogP contribution in [0.3, 0.4) is 0 Å². The van der Waals surface area contributed by atoms with Gasteiger partial charge in [-0.3, -0.25) is 9.88 Å². The predicted molar refractivity (Wildman–Crippen MR) is 120 cm³/mol. The van der Waals surface area contributed by atoms with Gasteiger partial charge in [-0.1, -0.05) is 18.2 Å². The first-order valence-electron chi connectivity index (χ1n) is 10.5. The number of aromatic nitrogens is 1. The number of halogens is 2. The van der Waals surface area contributed by atoms with Crippen LogP contribution in [0.4, 0.5) is 8.78 Å². The maximum atomic E-state index is 14.4. The molecule has 1 fully saturated rings. The second kappa shape index (κ2) is 9.58. The topological polar surface area (TPSA) is 65.5 Å². The molecule has 1 aliphatic heterocycles. The van der Waals surface area contributed by atoms with Crippen LogP contribution in [0.25, 0.3) is 10.8 Å². The summed E-state index contributed by atoms with van der Waals surface area (Å²) in [6.07, 6.45) is 3.28. The van der Waals surface area contributed by atoms with Crippen LogP contribution >= 0.6 is 0 Å². The second-order valence-electron chi connectivity index (χ2n) is 8.21. The monoisotopic (exact) mass is 460 g/mol. The SMILES string of the molecule is CN1CCN(C[C@@H](Cc2ccc(F)cc2F)NS(=O)(=O)c2cccc3cnccc23)CC1. The number of fused-ring (bicyclic) bond motifs is 1. The molecule has 1 aliphatic rings. The van der Waals surface area contributed by atoms with Gasteiger partial charge in [0.2, 0.25) is 10.0 Å². The Kier molecular flexibility index (Phi) is 6.80. The molecule has 0 bridgehead atoms. The number of sulfonamides is 1. The highest BCUT2D eigenvalue weighted by Gasteiger charge is 2.26. The average molecular weight is 461 g/mol. The molecule has 170 valence electrons. The first kappa shape index (κ1) is 22.7. The van der Waals surface area contributed by atoms with E-state index in [4.69, 9.17) is 0 Å². The fraction of sp³-hybridized carbons (Fsp3) is 0.348. The molecule has 0 aliphatic carbocycles. The van der Waals surface area contributed by atoms with E-state index in [0.717, 1.165) is 37.6 Å². The quantitative estimate of drug-likeness (QED) is 0.587. The first-order valence-corrected chi connectivity index (χ1v) is 12.0. The van der Waals surface area contributed by atoms with Crippen molar-refractivity contribution in [3.8, 4) is 0 Å². The van der Waals surface area contributed by atoms with E-state index in [1.165, 1.54) is 12.1 Å². The molecule has 6 nitrogen and oxygen atoms in total. The van der Waals surface area contributed by atoms with Crippen molar-refractivity contribution >= 4 is 20.8 Å². The summed E-state index contributed by atoms with van der Waals surface area (Å²) >= 11 is 0. The van der Waals surface area contributed by atoms with Crippen molar-refractivity contribution in [2.45, 2.75) is 17.4 Å². The summed E-state index contributed by atoms with van der Waals surface area (Å²) in [7, 11) is -1.86. The Labute approximate surface area is 186 Å². The van der Waals surface area contributed by atoms with Gasteiger partial charge in [0, 0.05) is 68.0 Å². The van der Waals surface area contributed by atoms with Gasteiger partial charge in [-0.2, -0.15) is 0 Å². The fourth-order valence-corrected chi connectivity index (χ4v) is 5.51. The number of hydrogen-bond donors (Lipinski definition) is 1. The van der Waals surface area contributed by atoms with E-state index in [2.05, 4.69) is 19.5 Å². The molecule has 9 heteroatoms. The van der Waals surface area contributed by atoms with Gasteiger partial charge in [-0.15, -0.1) is 0 Å². The van der Waals surface area contributed by atoms with Gasteiger partial charge < -0.3 is 4.90 Å². The number of pyridine rings is 1. The third-order valence-corrected chi connectivity index (χ3v) is 7.39. The molecule has 0 radical (unpaired) electrons. The Bertz CT molecular complexity index is 1190. The number of likely N-dealkylation sites (N-methyl/N-ethyl adjacent to an activating group) is 1. The molecule has 1 saturated heterocycles. The van der Waals surface area contributed by atoms with Gasteiger partial charge in [0.25, 0.3) is 0 Å². The van der Waals surface area contributed by atoms with Crippen LogP contribution in [-0.4, -0.2) is 69.0 Å². The Morgan fingerprint density at radius 3 is 2.62 bits per heavy atom. The molecule has 4 rings (SSSR count). The molecular weight excluding hydrogens is 434 g/mol. The van der Waals surface area contributed by atoms with Gasteiger partial charge in [0.1, 0.15) is 11.6 Å². The highest BCUT2D eigenvalue weighted by atomic mass is 32.2. The highest BCUT2D eigenvalue weighted by molar-refractivity contribution is 7.89. The number of nitrogens with one attached hydrogen (secondary N) is 1. The van der Waals surface area contributed by atoms with E-state index >= 15 is 0 Å². The minimum Gasteiger partial charge on any atom is -0.304 e. The van der Waals surface area contributed by atoms with Gasteiger partial charge in [0.05, 0.1) is 4.90 Å². The Hall–Kier alpha value is -2.46. The van der Waals surface area contributed by atoms with E-state index in [9.17, 15) is 17.2 Å². The summed E-state index contributed by atoms with van der Waals surface area (Å²) in [5.74, 6) is -1.34. The third-order valence-electron chi connectivity index (χ3n) is 5.81. The molecular formula is C23H26F2N4O2S. The number of nitrogens with zero attached hydrogens (tertiary/aromatic N) is 3. The van der Waals surface area contributed by atoms with Crippen molar-refractivity contribution in [2.24, 2.45) is 0 Å². The average Bonchev–Trinajstić information content (AvgIpc) is 2.76. The fourth-order valence-electron chi connectivity index (χ4n) is 4.05. The van der Waals surface area contributed by atoms with E-state index < -0.39 is 27.7 Å². The molecule has 0 amide bonds. The molecule has 32 heavy (non-hydrogen) atoms. The van der Waals surface area contributed by atoms with Crippen LogP contribution in [0, 0.1) is 11.6 Å². The van der Waals surface area contributed by atoms with Crippen molar-refractivity contribution in [3.05, 3.63) is 72.1 Å². The minimum atomic E-state index is -3.90. The molecule has 2 heterocycles. The third kappa shape index (κ3) is 5.29. The number of piperazine rings is 1. The lowest BCUT2D eigenvalue weighted by Gasteiger charge is -2.35. The highest BCUT2D eigenvalue weighted by Crippen LogP contribution is 2.23. The minimum absolute atomic E-state index is 0.115. The Balaban J connectivity index is 1.62. The Morgan fingerprint density at radius 2 is 1.88 bits per heavy atom. The van der Waals surface area contributed by atoms with Gasteiger partial charge in [-0.05, 0) is 37.2 Å². The van der Waals surface area contributed by atoms with Crippen LogP contribution in [0.15, 0.2) is 59.8 Å². The summed E-state index contributed by atoms with van der Waals surface area (Å²) in [6.45, 7) is 3.76. The smallest absolute Gasteiger partial charge is 0.241 e. The molecule has 0 spiro atoms. The first-order chi connectivity index (χ1) is 15.3. The molecule has 1 atom stereocenters. The lowest BCUT2D eigenvalue weighted by molar-refractivity contribution is 0.145. The molecule has 2 aromatic carbocycles. The lowest BCUT2D eigenvalue weighted by atomic mass is 10.1. The van der Waals surface area contributed by atoms with Crippen molar-refractivity contribution in [1.82, 2.24) is 19.5 Å². The summed E-state index contributed by atoms with van der Waals surface area (Å²) < 4.78 is 57.2. The molecule has 1 aromatic heterocycles. The van der Waals surface area contributed by atoms with Crippen molar-refractivity contribution in [3.63, 3.8) is 0 Å². The molecule has 0 unspecified atom stereocenters. The summed E-state index contributed by atoms with van der Waals surface area (Å²) in [6, 6.07) is 9.51. The zero-order valence-electron chi connectivity index (χ0n) is 17.8. The van der Waals surface area contributed by atoms with Crippen molar-refractivity contribution in [1.29, 1.82) is 0 Å². The molecule has 0 saturated carbocycles. The van der Waals surface area contributed by atoms with Crippen LogP contribution < -0.4 is 4.72 Å². The predicted octanol–water partition coefficient (Wildman–Crippen LogP) is 2.65. The maximum Gasteiger partial charge on any atom is 0.241 e. The summed E-state index contributed by atoms with van der Waals surface area (Å²) in [5.41, 5.74) is 0.273. The summed E-state index contributed by atoms with van der Waals surface area (Å²) in [4.78, 5) is 8.58. The Morgan fingerprint density at radius 1 is 1.09 bits per heavy atom. The van der Waals surface area contributed by atoms with Crippen LogP contribution in [0.5, 0.6) is 0 Å². The number of rotatable bonds is 7. The van der Waals surface area contributed by atoms with Gasteiger partial charge in [-0.25, -0.2) is 21.9 Å². The van der Waals surface area contributed by atoms with E-state index in [1.807, 2.05) is 7.05 Å². The largest absolute Gasteiger partial charge is 0.304 e. The van der Waals surface area contributed by atoms with Crippen molar-refractivity contribution < 1.29 is 17.2 Å². The number of benzene rings is 2. The molecule has 1 N–H and O–H groups in total. The summed E-state index contributed by atoms with van der Waals surface area (Å²) in [5, 5.41) is 1.29. The molecule has 3 aromatic rings. The standard InChI is InChI=1S/C23H26F2N4O2S/c1-28-9-11-29(12-10-28)16-20(13-17-5-6-19(24)14-22(17)25)27-32(30,31)23-4-2-3-18-15-26-8-7-21(18)23/h2-8,14-15,20,27H,9-13,16H2,1H3/t20-/m1/s1. The maximum absolute atomic E-state index is 14.4. The van der Waals surface area contributed by atoms with Crippen LogP contribution in [0.1, 0.15) is 5.56 Å². The van der Waals surface area contributed by atoms with Gasteiger partial charge in [0.15, 0.2) is 0 Å². The number of hydrogen-bond acceptors (Lipinski definition) is 5. The van der Waals surface area contributed by atoms with Gasteiger partial charge >= 0.3 is 0 Å². The van der Waals surface area contributed by atoms with E-state index in [0.29, 0.717) is 11.9 Å². The van der Waals surface area contributed by atoms with Crippen LogP contribution in [-0.2, 0) is 16.4 Å². The van der Waals surface area contributed by atoms with Crippen molar-refractivity contribution in [2.75, 3.05) is 39.8 Å². The zero-order chi connectivity index (χ0) is 22.7. The van der Waals surface area contributed by atoms with E-state index in [-0.39, 0.29) is 16.9 Å². The lowest BCUT2D eigenvalue weighted by Crippen LogP contribution is -2.51. The zero-order valence-corrected chi connectivity index (χ0v) is 18.7. The normalized spacial score (nSPS) is 17.0. The van der Waals surface area contributed by atoms with Crippen LogP contribution in [0.2, 0.25) is 0 Å².